The number of hydrogen-bond acceptors (Lipinski definition) is 4. The van der Waals surface area contributed by atoms with Gasteiger partial charge in [-0.05, 0) is 30.3 Å². The Bertz CT molecular complexity index is 615. The van der Waals surface area contributed by atoms with E-state index >= 15 is 0 Å². The van der Waals surface area contributed by atoms with Crippen LogP contribution in [0.2, 0.25) is 0 Å². The Morgan fingerprint density at radius 2 is 2.11 bits per heavy atom. The molecular weight excluding hydrogens is 224 g/mol. The van der Waals surface area contributed by atoms with E-state index in [4.69, 9.17) is 5.26 Å². The second-order valence-corrected chi connectivity index (χ2v) is 4.27. The molecule has 0 bridgehead atoms. The van der Waals surface area contributed by atoms with Crippen LogP contribution in [-0.4, -0.2) is 18.7 Å². The molecule has 1 aliphatic rings. The normalized spacial score (nSPS) is 13.3. The minimum Gasteiger partial charge on any atom is -0.355 e. The van der Waals surface area contributed by atoms with E-state index in [2.05, 4.69) is 20.9 Å². The first-order valence-electron chi connectivity index (χ1n) is 5.73. The number of fused-ring (bicyclic) bond motifs is 1. The van der Waals surface area contributed by atoms with Crippen molar-refractivity contribution in [2.45, 2.75) is 0 Å². The van der Waals surface area contributed by atoms with Crippen LogP contribution in [0.3, 0.4) is 0 Å². The average Bonchev–Trinajstić information content (AvgIpc) is 2.76. The molecule has 0 spiro atoms. The predicted octanol–water partition coefficient (Wildman–Crippen LogP) is 2.50. The summed E-state index contributed by atoms with van der Waals surface area (Å²) in [5.74, 6) is 0.901. The Balaban J connectivity index is 2.10. The molecule has 1 aromatic carbocycles. The van der Waals surface area contributed by atoms with Crippen molar-refractivity contribution >= 4 is 17.2 Å². The van der Waals surface area contributed by atoms with Gasteiger partial charge in [-0.3, -0.25) is 0 Å². The molecule has 18 heavy (non-hydrogen) atoms. The van der Waals surface area contributed by atoms with Crippen LogP contribution in [0, 0.1) is 11.3 Å². The zero-order valence-corrected chi connectivity index (χ0v) is 10.0. The number of nitriles is 1. The van der Waals surface area contributed by atoms with Crippen molar-refractivity contribution in [1.82, 2.24) is 4.98 Å². The molecule has 1 aliphatic heterocycles. The standard InChI is InChI=1S/C14H12N4/c1-17-10-18(14-4-2-3-7-16-14)13-8-11(9-15)5-6-12(13)17/h2-8H,10H2,1H3. The van der Waals surface area contributed by atoms with E-state index < -0.39 is 0 Å². The molecule has 1 aromatic heterocycles. The quantitative estimate of drug-likeness (QED) is 0.763. The molecule has 0 saturated carbocycles. The molecule has 0 aliphatic carbocycles. The van der Waals surface area contributed by atoms with Crippen LogP contribution in [0.5, 0.6) is 0 Å². The van der Waals surface area contributed by atoms with E-state index in [9.17, 15) is 0 Å². The van der Waals surface area contributed by atoms with Gasteiger partial charge in [0.15, 0.2) is 0 Å². The van der Waals surface area contributed by atoms with Gasteiger partial charge in [0.05, 0.1) is 29.7 Å². The zero-order valence-electron chi connectivity index (χ0n) is 10.0. The van der Waals surface area contributed by atoms with Crippen molar-refractivity contribution in [1.29, 1.82) is 5.26 Å². The fourth-order valence-corrected chi connectivity index (χ4v) is 2.21. The highest BCUT2D eigenvalue weighted by Gasteiger charge is 2.25. The lowest BCUT2D eigenvalue weighted by atomic mass is 10.2. The van der Waals surface area contributed by atoms with Crippen molar-refractivity contribution in [3.05, 3.63) is 48.2 Å². The van der Waals surface area contributed by atoms with Gasteiger partial charge in [0, 0.05) is 13.2 Å². The van der Waals surface area contributed by atoms with Gasteiger partial charge in [-0.1, -0.05) is 6.07 Å². The van der Waals surface area contributed by atoms with Crippen molar-refractivity contribution in [3.8, 4) is 6.07 Å². The lowest BCUT2D eigenvalue weighted by molar-refractivity contribution is 0.933. The van der Waals surface area contributed by atoms with E-state index in [1.54, 1.807) is 6.20 Å². The first-order chi connectivity index (χ1) is 8.79. The summed E-state index contributed by atoms with van der Waals surface area (Å²) in [6, 6.07) is 13.8. The van der Waals surface area contributed by atoms with Gasteiger partial charge < -0.3 is 9.80 Å². The highest BCUT2D eigenvalue weighted by Crippen LogP contribution is 2.39. The molecule has 4 nitrogen and oxygen atoms in total. The Kier molecular flexibility index (Phi) is 2.38. The average molecular weight is 236 g/mol. The summed E-state index contributed by atoms with van der Waals surface area (Å²) in [5, 5.41) is 8.99. The lowest BCUT2D eigenvalue weighted by Gasteiger charge is -2.17. The Morgan fingerprint density at radius 1 is 1.22 bits per heavy atom. The molecule has 3 rings (SSSR count). The van der Waals surface area contributed by atoms with Gasteiger partial charge in [0.1, 0.15) is 5.82 Å². The minimum atomic E-state index is 0.671. The van der Waals surface area contributed by atoms with Crippen molar-refractivity contribution < 1.29 is 0 Å². The fraction of sp³-hybridized carbons (Fsp3) is 0.143. The summed E-state index contributed by atoms with van der Waals surface area (Å²) in [4.78, 5) is 8.62. The van der Waals surface area contributed by atoms with Gasteiger partial charge in [-0.15, -0.1) is 0 Å². The molecule has 88 valence electrons. The van der Waals surface area contributed by atoms with Crippen LogP contribution in [0.1, 0.15) is 5.56 Å². The van der Waals surface area contributed by atoms with Gasteiger partial charge in [0.2, 0.25) is 0 Å². The number of pyridine rings is 1. The van der Waals surface area contributed by atoms with E-state index in [1.165, 1.54) is 0 Å². The molecule has 0 atom stereocenters. The smallest absolute Gasteiger partial charge is 0.134 e. The van der Waals surface area contributed by atoms with Gasteiger partial charge >= 0.3 is 0 Å². The van der Waals surface area contributed by atoms with Crippen LogP contribution >= 0.6 is 0 Å². The van der Waals surface area contributed by atoms with E-state index in [0.717, 1.165) is 23.9 Å². The van der Waals surface area contributed by atoms with E-state index in [-0.39, 0.29) is 0 Å². The van der Waals surface area contributed by atoms with Gasteiger partial charge in [0.25, 0.3) is 0 Å². The van der Waals surface area contributed by atoms with Gasteiger partial charge in [-0.25, -0.2) is 4.98 Å². The third kappa shape index (κ3) is 1.57. The second-order valence-electron chi connectivity index (χ2n) is 4.27. The topological polar surface area (TPSA) is 43.2 Å². The minimum absolute atomic E-state index is 0.671. The van der Waals surface area contributed by atoms with Crippen LogP contribution in [0.4, 0.5) is 17.2 Å². The third-order valence-electron chi connectivity index (χ3n) is 3.09. The molecule has 0 N–H and O–H groups in total. The molecule has 0 fully saturated rings. The first-order valence-corrected chi connectivity index (χ1v) is 5.73. The fourth-order valence-electron chi connectivity index (χ4n) is 2.21. The molecule has 4 heteroatoms. The molecule has 2 aromatic rings. The largest absolute Gasteiger partial charge is 0.355 e. The van der Waals surface area contributed by atoms with Crippen molar-refractivity contribution in [2.75, 3.05) is 23.5 Å². The number of aromatic nitrogens is 1. The van der Waals surface area contributed by atoms with E-state index in [0.29, 0.717) is 5.56 Å². The van der Waals surface area contributed by atoms with Crippen LogP contribution < -0.4 is 9.80 Å². The van der Waals surface area contributed by atoms with Crippen LogP contribution in [0.15, 0.2) is 42.6 Å². The van der Waals surface area contributed by atoms with Crippen LogP contribution in [-0.2, 0) is 0 Å². The third-order valence-corrected chi connectivity index (χ3v) is 3.09. The predicted molar refractivity (Wildman–Crippen MR) is 70.8 cm³/mol. The Labute approximate surface area is 106 Å². The molecule has 2 heterocycles. The summed E-state index contributed by atoms with van der Waals surface area (Å²) < 4.78 is 0. The molecule has 0 unspecified atom stereocenters. The maximum absolute atomic E-state index is 8.99. The number of rotatable bonds is 1. The van der Waals surface area contributed by atoms with Crippen molar-refractivity contribution in [2.24, 2.45) is 0 Å². The maximum Gasteiger partial charge on any atom is 0.134 e. The van der Waals surface area contributed by atoms with Crippen LogP contribution in [0.25, 0.3) is 0 Å². The molecular formula is C14H12N4. The summed E-state index contributed by atoms with van der Waals surface area (Å²) >= 11 is 0. The number of nitrogens with zero attached hydrogens (tertiary/aromatic N) is 4. The summed E-state index contributed by atoms with van der Waals surface area (Å²) in [6.45, 7) is 0.751. The summed E-state index contributed by atoms with van der Waals surface area (Å²) in [6.07, 6.45) is 1.78. The zero-order chi connectivity index (χ0) is 12.5. The first kappa shape index (κ1) is 10.6. The Hall–Kier alpha value is -2.54. The molecule has 0 saturated heterocycles. The molecule has 0 amide bonds. The SMILES string of the molecule is CN1CN(c2ccccn2)c2cc(C#N)ccc21. The Morgan fingerprint density at radius 3 is 2.83 bits per heavy atom. The second kappa shape index (κ2) is 4.04. The lowest BCUT2D eigenvalue weighted by Crippen LogP contribution is -2.24. The highest BCUT2D eigenvalue weighted by molar-refractivity contribution is 5.82. The monoisotopic (exact) mass is 236 g/mol. The number of hydrogen-bond donors (Lipinski definition) is 0. The summed E-state index contributed by atoms with van der Waals surface area (Å²) in [7, 11) is 2.04. The highest BCUT2D eigenvalue weighted by atomic mass is 15.4. The van der Waals surface area contributed by atoms with E-state index in [1.807, 2.05) is 43.4 Å². The molecule has 0 radical (unpaired) electrons. The number of anilines is 3. The summed E-state index contributed by atoms with van der Waals surface area (Å²) in [5.41, 5.74) is 2.83. The number of benzene rings is 1. The van der Waals surface area contributed by atoms with Crippen molar-refractivity contribution in [3.63, 3.8) is 0 Å². The maximum atomic E-state index is 8.99. The van der Waals surface area contributed by atoms with Gasteiger partial charge in [-0.2, -0.15) is 5.26 Å².